The first kappa shape index (κ1) is 10.4. The molecule has 1 heterocycles. The molecule has 1 N–H and O–H groups in total. The standard InChI is InChI=1S/C11H21NO2/c1-13-12-10-5-8-14-11(9-10)6-3-2-4-7-11/h10,12H,2-9H2,1H3. The molecule has 0 amide bonds. The molecule has 1 aliphatic carbocycles. The molecular weight excluding hydrogens is 178 g/mol. The van der Waals surface area contributed by atoms with Crippen LogP contribution in [-0.4, -0.2) is 25.4 Å². The molecule has 1 unspecified atom stereocenters. The molecule has 3 nitrogen and oxygen atoms in total. The molecule has 1 saturated carbocycles. The predicted molar refractivity (Wildman–Crippen MR) is 54.9 cm³/mol. The molecule has 2 fully saturated rings. The average Bonchev–Trinajstić information content (AvgIpc) is 2.19. The lowest BCUT2D eigenvalue weighted by atomic mass is 9.78. The minimum Gasteiger partial charge on any atom is -0.375 e. The van der Waals surface area contributed by atoms with E-state index in [0.29, 0.717) is 6.04 Å². The van der Waals surface area contributed by atoms with Gasteiger partial charge in [-0.05, 0) is 25.7 Å². The number of ether oxygens (including phenoxy) is 1. The third-order valence-corrected chi connectivity index (χ3v) is 3.54. The summed E-state index contributed by atoms with van der Waals surface area (Å²) in [4.78, 5) is 5.01. The Hall–Kier alpha value is -0.120. The maximum atomic E-state index is 5.99. The van der Waals surface area contributed by atoms with Crippen LogP contribution in [0.3, 0.4) is 0 Å². The highest BCUT2D eigenvalue weighted by Crippen LogP contribution is 2.38. The van der Waals surface area contributed by atoms with Crippen molar-refractivity contribution in [2.75, 3.05) is 13.7 Å². The topological polar surface area (TPSA) is 30.5 Å². The number of hydrogen-bond acceptors (Lipinski definition) is 3. The fraction of sp³-hybridized carbons (Fsp3) is 1.00. The van der Waals surface area contributed by atoms with Gasteiger partial charge in [-0.15, -0.1) is 0 Å². The Labute approximate surface area is 86.1 Å². The average molecular weight is 199 g/mol. The molecule has 3 heteroatoms. The van der Waals surface area contributed by atoms with Gasteiger partial charge in [0.2, 0.25) is 0 Å². The van der Waals surface area contributed by atoms with Crippen LogP contribution < -0.4 is 5.48 Å². The van der Waals surface area contributed by atoms with E-state index in [-0.39, 0.29) is 5.60 Å². The summed E-state index contributed by atoms with van der Waals surface area (Å²) in [6.07, 6.45) is 8.74. The van der Waals surface area contributed by atoms with Crippen molar-refractivity contribution in [1.29, 1.82) is 0 Å². The highest BCUT2D eigenvalue weighted by Gasteiger charge is 2.38. The number of hydrogen-bond donors (Lipinski definition) is 1. The van der Waals surface area contributed by atoms with Gasteiger partial charge in [0, 0.05) is 12.6 Å². The van der Waals surface area contributed by atoms with Crippen LogP contribution in [0.2, 0.25) is 0 Å². The lowest BCUT2D eigenvalue weighted by molar-refractivity contribution is -0.124. The molecule has 0 aromatic rings. The summed E-state index contributed by atoms with van der Waals surface area (Å²) in [5.74, 6) is 0. The molecule has 2 rings (SSSR count). The summed E-state index contributed by atoms with van der Waals surface area (Å²) in [7, 11) is 1.70. The molecule has 0 radical (unpaired) electrons. The van der Waals surface area contributed by atoms with Crippen LogP contribution in [0.1, 0.15) is 44.9 Å². The minimum absolute atomic E-state index is 0.187. The molecule has 1 aliphatic heterocycles. The summed E-state index contributed by atoms with van der Waals surface area (Å²) >= 11 is 0. The lowest BCUT2D eigenvalue weighted by Crippen LogP contribution is -2.47. The quantitative estimate of drug-likeness (QED) is 0.690. The van der Waals surface area contributed by atoms with E-state index >= 15 is 0 Å². The molecule has 0 aromatic carbocycles. The van der Waals surface area contributed by atoms with Gasteiger partial charge in [-0.3, -0.25) is 0 Å². The zero-order valence-corrected chi connectivity index (χ0v) is 9.05. The summed E-state index contributed by atoms with van der Waals surface area (Å²) in [5.41, 5.74) is 3.26. The molecule has 1 saturated heterocycles. The van der Waals surface area contributed by atoms with E-state index in [2.05, 4.69) is 5.48 Å². The molecule has 0 bridgehead atoms. The third kappa shape index (κ3) is 2.27. The van der Waals surface area contributed by atoms with Crippen molar-refractivity contribution in [3.63, 3.8) is 0 Å². The van der Waals surface area contributed by atoms with Crippen LogP contribution in [0, 0.1) is 0 Å². The fourth-order valence-corrected chi connectivity index (χ4v) is 2.84. The molecule has 14 heavy (non-hydrogen) atoms. The van der Waals surface area contributed by atoms with E-state index in [1.807, 2.05) is 0 Å². The second kappa shape index (κ2) is 4.60. The molecular formula is C11H21NO2. The maximum Gasteiger partial charge on any atom is 0.0698 e. The Morgan fingerprint density at radius 3 is 2.79 bits per heavy atom. The van der Waals surface area contributed by atoms with Crippen molar-refractivity contribution in [3.05, 3.63) is 0 Å². The summed E-state index contributed by atoms with van der Waals surface area (Å²) in [5, 5.41) is 0. The Bertz CT molecular complexity index is 171. The SMILES string of the molecule is CONC1CCOC2(CCCCC2)C1. The smallest absolute Gasteiger partial charge is 0.0698 e. The summed E-state index contributed by atoms with van der Waals surface area (Å²) < 4.78 is 5.99. The Kier molecular flexibility index (Phi) is 3.42. The Morgan fingerprint density at radius 2 is 2.07 bits per heavy atom. The largest absolute Gasteiger partial charge is 0.375 e. The van der Waals surface area contributed by atoms with Crippen molar-refractivity contribution >= 4 is 0 Å². The predicted octanol–water partition coefficient (Wildman–Crippen LogP) is 2.02. The Balaban J connectivity index is 1.91. The Morgan fingerprint density at radius 1 is 1.29 bits per heavy atom. The first-order valence-electron chi connectivity index (χ1n) is 5.77. The van der Waals surface area contributed by atoms with Crippen LogP contribution in [0.25, 0.3) is 0 Å². The first-order chi connectivity index (χ1) is 6.85. The van der Waals surface area contributed by atoms with Crippen LogP contribution in [-0.2, 0) is 9.57 Å². The maximum absolute atomic E-state index is 5.99. The van der Waals surface area contributed by atoms with Gasteiger partial charge in [0.05, 0.1) is 12.7 Å². The molecule has 1 spiro atoms. The summed E-state index contributed by atoms with van der Waals surface area (Å²) in [6.45, 7) is 0.890. The van der Waals surface area contributed by atoms with Crippen molar-refractivity contribution in [1.82, 2.24) is 5.48 Å². The van der Waals surface area contributed by atoms with Gasteiger partial charge in [-0.1, -0.05) is 19.3 Å². The van der Waals surface area contributed by atoms with Crippen molar-refractivity contribution in [2.24, 2.45) is 0 Å². The first-order valence-corrected chi connectivity index (χ1v) is 5.77. The van der Waals surface area contributed by atoms with E-state index in [0.717, 1.165) is 19.4 Å². The van der Waals surface area contributed by atoms with Crippen LogP contribution >= 0.6 is 0 Å². The van der Waals surface area contributed by atoms with Crippen LogP contribution in [0.4, 0.5) is 0 Å². The molecule has 82 valence electrons. The number of hydroxylamine groups is 1. The molecule has 2 aliphatic rings. The monoisotopic (exact) mass is 199 g/mol. The number of rotatable bonds is 2. The van der Waals surface area contributed by atoms with E-state index < -0.39 is 0 Å². The van der Waals surface area contributed by atoms with Gasteiger partial charge < -0.3 is 9.57 Å². The highest BCUT2D eigenvalue weighted by atomic mass is 16.6. The van der Waals surface area contributed by atoms with Gasteiger partial charge in [-0.25, -0.2) is 0 Å². The highest BCUT2D eigenvalue weighted by molar-refractivity contribution is 4.91. The molecule has 1 atom stereocenters. The van der Waals surface area contributed by atoms with Gasteiger partial charge in [-0.2, -0.15) is 5.48 Å². The lowest BCUT2D eigenvalue weighted by Gasteiger charge is -2.43. The van der Waals surface area contributed by atoms with Gasteiger partial charge in [0.1, 0.15) is 0 Å². The van der Waals surface area contributed by atoms with E-state index in [4.69, 9.17) is 9.57 Å². The van der Waals surface area contributed by atoms with E-state index in [1.54, 1.807) is 7.11 Å². The van der Waals surface area contributed by atoms with Crippen LogP contribution in [0.5, 0.6) is 0 Å². The third-order valence-electron chi connectivity index (χ3n) is 3.54. The van der Waals surface area contributed by atoms with Gasteiger partial charge >= 0.3 is 0 Å². The second-order valence-electron chi connectivity index (χ2n) is 4.60. The van der Waals surface area contributed by atoms with Gasteiger partial charge in [0.25, 0.3) is 0 Å². The summed E-state index contributed by atoms with van der Waals surface area (Å²) in [6, 6.07) is 0.492. The normalized spacial score (nSPS) is 31.9. The van der Waals surface area contributed by atoms with Gasteiger partial charge in [0.15, 0.2) is 0 Å². The zero-order chi connectivity index (χ0) is 9.86. The van der Waals surface area contributed by atoms with E-state index in [1.165, 1.54) is 32.1 Å². The van der Waals surface area contributed by atoms with Crippen molar-refractivity contribution < 1.29 is 9.57 Å². The van der Waals surface area contributed by atoms with Crippen molar-refractivity contribution in [3.8, 4) is 0 Å². The minimum atomic E-state index is 0.187. The fourth-order valence-electron chi connectivity index (χ4n) is 2.84. The van der Waals surface area contributed by atoms with E-state index in [9.17, 15) is 0 Å². The van der Waals surface area contributed by atoms with Crippen molar-refractivity contribution in [2.45, 2.75) is 56.6 Å². The number of nitrogens with one attached hydrogen (secondary N) is 1. The zero-order valence-electron chi connectivity index (χ0n) is 9.05. The second-order valence-corrected chi connectivity index (χ2v) is 4.60. The van der Waals surface area contributed by atoms with Crippen LogP contribution in [0.15, 0.2) is 0 Å². The molecule has 0 aromatic heterocycles.